The van der Waals surface area contributed by atoms with Crippen molar-refractivity contribution < 1.29 is 4.74 Å². The van der Waals surface area contributed by atoms with Crippen molar-refractivity contribution in [1.82, 2.24) is 10.2 Å². The smallest absolute Gasteiger partial charge is 0.189 e. The molecule has 2 unspecified atom stereocenters. The normalized spacial score (nSPS) is 20.8. The van der Waals surface area contributed by atoms with Crippen LogP contribution in [0.4, 0.5) is 0 Å². The number of hydrogen-bond donors (Lipinski definition) is 2. The molecular weight excluding hydrogens is 300 g/mol. The van der Waals surface area contributed by atoms with Crippen molar-refractivity contribution in [3.05, 3.63) is 35.4 Å². The Morgan fingerprint density at radius 3 is 2.71 bits per heavy atom. The summed E-state index contributed by atoms with van der Waals surface area (Å²) in [5.74, 6) is 0.464. The van der Waals surface area contributed by atoms with E-state index in [1.54, 1.807) is 7.11 Å². The summed E-state index contributed by atoms with van der Waals surface area (Å²) in [5.41, 5.74) is 8.45. The van der Waals surface area contributed by atoms with Crippen molar-refractivity contribution in [3.63, 3.8) is 0 Å². The average Bonchev–Trinajstić information content (AvgIpc) is 2.56. The molecule has 24 heavy (non-hydrogen) atoms. The Morgan fingerprint density at radius 1 is 1.33 bits per heavy atom. The SMILES string of the molecule is COCC(C)NC(N)=NCc1ccc(CN2CCCCC2C)cc1. The van der Waals surface area contributed by atoms with Gasteiger partial charge in [-0.1, -0.05) is 30.7 Å². The fourth-order valence-corrected chi connectivity index (χ4v) is 3.14. The minimum absolute atomic E-state index is 0.160. The lowest BCUT2D eigenvalue weighted by Gasteiger charge is -2.33. The summed E-state index contributed by atoms with van der Waals surface area (Å²) < 4.78 is 5.07. The molecule has 1 fully saturated rings. The van der Waals surface area contributed by atoms with Gasteiger partial charge in [-0.15, -0.1) is 0 Å². The van der Waals surface area contributed by atoms with Crippen molar-refractivity contribution in [2.45, 2.75) is 58.3 Å². The third-order valence-electron chi connectivity index (χ3n) is 4.59. The summed E-state index contributed by atoms with van der Waals surface area (Å²) in [6, 6.07) is 9.58. The fourth-order valence-electron chi connectivity index (χ4n) is 3.14. The summed E-state index contributed by atoms with van der Waals surface area (Å²) >= 11 is 0. The van der Waals surface area contributed by atoms with Crippen LogP contribution in [0.2, 0.25) is 0 Å². The topological polar surface area (TPSA) is 62.9 Å². The van der Waals surface area contributed by atoms with Gasteiger partial charge in [0.2, 0.25) is 0 Å². The molecule has 1 heterocycles. The number of methoxy groups -OCH3 is 1. The van der Waals surface area contributed by atoms with Gasteiger partial charge < -0.3 is 15.8 Å². The van der Waals surface area contributed by atoms with Crippen LogP contribution in [-0.2, 0) is 17.8 Å². The molecule has 2 rings (SSSR count). The lowest BCUT2D eigenvalue weighted by Crippen LogP contribution is -2.40. The van der Waals surface area contributed by atoms with Crippen LogP contribution >= 0.6 is 0 Å². The molecule has 0 aromatic heterocycles. The molecule has 0 radical (unpaired) electrons. The minimum Gasteiger partial charge on any atom is -0.383 e. The highest BCUT2D eigenvalue weighted by molar-refractivity contribution is 5.78. The Morgan fingerprint density at radius 2 is 2.04 bits per heavy atom. The van der Waals surface area contributed by atoms with E-state index < -0.39 is 0 Å². The first-order valence-corrected chi connectivity index (χ1v) is 8.95. The monoisotopic (exact) mass is 332 g/mol. The number of nitrogens with two attached hydrogens (primary N) is 1. The van der Waals surface area contributed by atoms with Crippen molar-refractivity contribution >= 4 is 5.96 Å². The molecule has 2 atom stereocenters. The Hall–Kier alpha value is -1.59. The number of nitrogens with one attached hydrogen (secondary N) is 1. The highest BCUT2D eigenvalue weighted by atomic mass is 16.5. The van der Waals surface area contributed by atoms with E-state index in [0.717, 1.165) is 6.54 Å². The van der Waals surface area contributed by atoms with Gasteiger partial charge in [0.1, 0.15) is 0 Å². The number of hydrogen-bond acceptors (Lipinski definition) is 3. The lowest BCUT2D eigenvalue weighted by atomic mass is 10.0. The van der Waals surface area contributed by atoms with Gasteiger partial charge in [0.05, 0.1) is 13.2 Å². The molecule has 134 valence electrons. The largest absolute Gasteiger partial charge is 0.383 e. The van der Waals surface area contributed by atoms with Gasteiger partial charge in [-0.2, -0.15) is 0 Å². The number of likely N-dealkylation sites (tertiary alicyclic amines) is 1. The maximum atomic E-state index is 5.90. The number of benzene rings is 1. The van der Waals surface area contributed by atoms with Crippen LogP contribution in [-0.4, -0.2) is 43.2 Å². The third-order valence-corrected chi connectivity index (χ3v) is 4.59. The molecular formula is C19H32N4O. The molecule has 0 aliphatic carbocycles. The molecule has 1 aromatic rings. The standard InChI is InChI=1S/C19H32N4O/c1-15(14-24-3)22-19(20)21-12-17-7-9-18(10-8-17)13-23-11-5-4-6-16(23)2/h7-10,15-16H,4-6,11-14H2,1-3H3,(H3,20,21,22). The van der Waals surface area contributed by atoms with Gasteiger partial charge in [-0.05, 0) is 44.4 Å². The Bertz CT molecular complexity index is 515. The highest BCUT2D eigenvalue weighted by Crippen LogP contribution is 2.19. The van der Waals surface area contributed by atoms with E-state index in [1.165, 1.54) is 36.9 Å². The summed E-state index contributed by atoms with van der Waals surface area (Å²) in [4.78, 5) is 6.97. The van der Waals surface area contributed by atoms with Crippen LogP contribution < -0.4 is 11.1 Å². The van der Waals surface area contributed by atoms with Crippen LogP contribution in [0.1, 0.15) is 44.2 Å². The zero-order valence-corrected chi connectivity index (χ0v) is 15.3. The van der Waals surface area contributed by atoms with Crippen molar-refractivity contribution in [3.8, 4) is 0 Å². The minimum atomic E-state index is 0.160. The Balaban J connectivity index is 1.83. The second kappa shape index (κ2) is 9.64. The maximum absolute atomic E-state index is 5.90. The van der Waals surface area contributed by atoms with Crippen molar-refractivity contribution in [1.29, 1.82) is 0 Å². The molecule has 3 N–H and O–H groups in total. The fraction of sp³-hybridized carbons (Fsp3) is 0.632. The highest BCUT2D eigenvalue weighted by Gasteiger charge is 2.17. The summed E-state index contributed by atoms with van der Waals surface area (Å²) in [6.07, 6.45) is 4.01. The van der Waals surface area contributed by atoms with E-state index in [1.807, 2.05) is 6.92 Å². The van der Waals surface area contributed by atoms with E-state index in [9.17, 15) is 0 Å². The summed E-state index contributed by atoms with van der Waals surface area (Å²) in [7, 11) is 1.68. The van der Waals surface area contributed by atoms with E-state index in [2.05, 4.69) is 46.4 Å². The Labute approximate surface area is 146 Å². The molecule has 1 aromatic carbocycles. The molecule has 0 bridgehead atoms. The van der Waals surface area contributed by atoms with E-state index in [4.69, 9.17) is 10.5 Å². The number of piperidine rings is 1. The first-order valence-electron chi connectivity index (χ1n) is 8.95. The van der Waals surface area contributed by atoms with E-state index >= 15 is 0 Å². The van der Waals surface area contributed by atoms with Crippen LogP contribution in [0.5, 0.6) is 0 Å². The summed E-state index contributed by atoms with van der Waals surface area (Å²) in [6.45, 7) is 7.82. The molecule has 5 heteroatoms. The van der Waals surface area contributed by atoms with E-state index in [0.29, 0.717) is 25.2 Å². The second-order valence-corrected chi connectivity index (χ2v) is 6.83. The number of rotatable bonds is 7. The van der Waals surface area contributed by atoms with Crippen LogP contribution in [0.25, 0.3) is 0 Å². The third kappa shape index (κ3) is 6.13. The van der Waals surface area contributed by atoms with Gasteiger partial charge in [0.25, 0.3) is 0 Å². The van der Waals surface area contributed by atoms with Gasteiger partial charge in [-0.3, -0.25) is 4.90 Å². The van der Waals surface area contributed by atoms with Crippen LogP contribution in [0.3, 0.4) is 0 Å². The Kier molecular flexibility index (Phi) is 7.53. The summed E-state index contributed by atoms with van der Waals surface area (Å²) in [5, 5.41) is 3.12. The first-order chi connectivity index (χ1) is 11.6. The van der Waals surface area contributed by atoms with Crippen molar-refractivity contribution in [2.75, 3.05) is 20.3 Å². The van der Waals surface area contributed by atoms with Crippen molar-refractivity contribution in [2.24, 2.45) is 10.7 Å². The average molecular weight is 332 g/mol. The molecule has 1 aliphatic heterocycles. The predicted molar refractivity (Wildman–Crippen MR) is 100.0 cm³/mol. The molecule has 1 saturated heterocycles. The van der Waals surface area contributed by atoms with Gasteiger partial charge >= 0.3 is 0 Å². The number of ether oxygens (including phenoxy) is 1. The molecule has 1 aliphatic rings. The van der Waals surface area contributed by atoms with E-state index in [-0.39, 0.29) is 6.04 Å². The first kappa shape index (κ1) is 18.7. The lowest BCUT2D eigenvalue weighted by molar-refractivity contribution is 0.152. The van der Waals surface area contributed by atoms with Gasteiger partial charge in [0.15, 0.2) is 5.96 Å². The molecule has 0 spiro atoms. The zero-order valence-electron chi connectivity index (χ0n) is 15.3. The maximum Gasteiger partial charge on any atom is 0.189 e. The zero-order chi connectivity index (χ0) is 17.4. The molecule has 0 saturated carbocycles. The molecule has 0 amide bonds. The van der Waals surface area contributed by atoms with Gasteiger partial charge in [0, 0.05) is 25.7 Å². The number of nitrogens with zero attached hydrogens (tertiary/aromatic N) is 2. The quantitative estimate of drug-likeness (QED) is 0.595. The molecule has 5 nitrogen and oxygen atoms in total. The van der Waals surface area contributed by atoms with Crippen LogP contribution in [0.15, 0.2) is 29.3 Å². The number of aliphatic imine (C=N–C) groups is 1. The predicted octanol–water partition coefficient (Wildman–Crippen LogP) is 2.50. The second-order valence-electron chi connectivity index (χ2n) is 6.83. The van der Waals surface area contributed by atoms with Gasteiger partial charge in [-0.25, -0.2) is 4.99 Å². The number of guanidine groups is 1. The van der Waals surface area contributed by atoms with Crippen LogP contribution in [0, 0.1) is 0 Å².